The van der Waals surface area contributed by atoms with E-state index in [-0.39, 0.29) is 23.7 Å². The first-order chi connectivity index (χ1) is 10.4. The Morgan fingerprint density at radius 1 is 1.13 bits per heavy atom. The van der Waals surface area contributed by atoms with Crippen LogP contribution in [0.1, 0.15) is 58.4 Å². The molecule has 2 atom stereocenters. The Morgan fingerprint density at radius 3 is 2.22 bits per heavy atom. The largest absolute Gasteiger partial charge is 0.326 e. The average Bonchev–Trinajstić information content (AvgIpc) is 2.77. The van der Waals surface area contributed by atoms with Crippen LogP contribution >= 0.6 is 12.4 Å². The van der Waals surface area contributed by atoms with Gasteiger partial charge in [-0.05, 0) is 54.7 Å². The fourth-order valence-corrected chi connectivity index (χ4v) is 3.87. The van der Waals surface area contributed by atoms with Crippen molar-refractivity contribution in [1.29, 1.82) is 0 Å². The highest BCUT2D eigenvalue weighted by atomic mass is 35.5. The van der Waals surface area contributed by atoms with Crippen LogP contribution in [0, 0.1) is 5.92 Å². The van der Waals surface area contributed by atoms with Gasteiger partial charge in [0, 0.05) is 24.2 Å². The molecule has 0 aliphatic carbocycles. The number of nitrogens with one attached hydrogen (secondary N) is 2. The molecule has 2 unspecified atom stereocenters. The van der Waals surface area contributed by atoms with Gasteiger partial charge in [0.2, 0.25) is 5.91 Å². The molecule has 2 aliphatic heterocycles. The number of carbonyl (C=O) groups excluding carboxylic acids is 1. The molecular formula is C19H29ClN2O. The molecule has 0 aromatic heterocycles. The number of benzene rings is 1. The van der Waals surface area contributed by atoms with Crippen molar-refractivity contribution < 1.29 is 4.79 Å². The van der Waals surface area contributed by atoms with Crippen molar-refractivity contribution in [2.45, 2.75) is 70.4 Å². The van der Waals surface area contributed by atoms with Crippen molar-refractivity contribution in [3.63, 3.8) is 0 Å². The second-order valence-corrected chi connectivity index (χ2v) is 8.05. The van der Waals surface area contributed by atoms with Crippen LogP contribution in [0.4, 0.5) is 5.69 Å². The Kier molecular flexibility index (Phi) is 5.74. The highest BCUT2D eigenvalue weighted by Gasteiger charge is 2.34. The molecule has 4 heteroatoms. The number of halogens is 1. The summed E-state index contributed by atoms with van der Waals surface area (Å²) >= 11 is 0. The second-order valence-electron chi connectivity index (χ2n) is 8.05. The molecule has 0 spiro atoms. The summed E-state index contributed by atoms with van der Waals surface area (Å²) in [6, 6.07) is 9.57. The number of piperidine rings is 1. The Labute approximate surface area is 146 Å². The van der Waals surface area contributed by atoms with Crippen LogP contribution in [0.25, 0.3) is 0 Å². The molecule has 1 amide bonds. The number of carbonyl (C=O) groups is 1. The summed E-state index contributed by atoms with van der Waals surface area (Å²) in [4.78, 5) is 12.3. The standard InChI is InChI=1S/C19H28N2O.ClH/c1-19(2,3)14-4-6-15(7-5-14)21-18(22)12-13-10-16-8-9-17(11-13)20-16;/h4-7,13,16-17,20H,8-12H2,1-3H3,(H,21,22);1H. The lowest BCUT2D eigenvalue weighted by molar-refractivity contribution is -0.117. The molecule has 2 fully saturated rings. The lowest BCUT2D eigenvalue weighted by Crippen LogP contribution is -2.39. The molecule has 128 valence electrons. The lowest BCUT2D eigenvalue weighted by Gasteiger charge is -2.28. The van der Waals surface area contributed by atoms with Gasteiger partial charge in [-0.25, -0.2) is 0 Å². The van der Waals surface area contributed by atoms with Crippen LogP contribution < -0.4 is 10.6 Å². The third kappa shape index (κ3) is 4.71. The van der Waals surface area contributed by atoms with Crippen molar-refractivity contribution in [2.24, 2.45) is 5.92 Å². The number of rotatable bonds is 3. The Balaban J connectivity index is 0.00000192. The minimum absolute atomic E-state index is 0. The van der Waals surface area contributed by atoms with E-state index in [2.05, 4.69) is 43.5 Å². The number of hydrogen-bond acceptors (Lipinski definition) is 2. The SMILES string of the molecule is CC(C)(C)c1ccc(NC(=O)CC2CC3CCC(C2)N3)cc1.Cl. The molecule has 2 aliphatic rings. The molecule has 0 radical (unpaired) electrons. The number of hydrogen-bond donors (Lipinski definition) is 2. The zero-order valence-corrected chi connectivity index (χ0v) is 15.2. The number of anilines is 1. The molecule has 2 saturated heterocycles. The van der Waals surface area contributed by atoms with E-state index in [0.29, 0.717) is 24.4 Å². The van der Waals surface area contributed by atoms with Gasteiger partial charge >= 0.3 is 0 Å². The monoisotopic (exact) mass is 336 g/mol. The van der Waals surface area contributed by atoms with E-state index in [4.69, 9.17) is 0 Å². The summed E-state index contributed by atoms with van der Waals surface area (Å²) in [6.07, 6.45) is 5.56. The van der Waals surface area contributed by atoms with E-state index >= 15 is 0 Å². The fourth-order valence-electron chi connectivity index (χ4n) is 3.87. The van der Waals surface area contributed by atoms with Crippen molar-refractivity contribution in [3.8, 4) is 0 Å². The van der Waals surface area contributed by atoms with E-state index in [9.17, 15) is 4.79 Å². The van der Waals surface area contributed by atoms with E-state index in [1.165, 1.54) is 18.4 Å². The van der Waals surface area contributed by atoms with Crippen LogP contribution in [0.15, 0.2) is 24.3 Å². The van der Waals surface area contributed by atoms with Gasteiger partial charge in [0.15, 0.2) is 0 Å². The van der Waals surface area contributed by atoms with Crippen LogP contribution in [0.3, 0.4) is 0 Å². The minimum Gasteiger partial charge on any atom is -0.326 e. The van der Waals surface area contributed by atoms with Crippen molar-refractivity contribution in [1.82, 2.24) is 5.32 Å². The molecule has 3 nitrogen and oxygen atoms in total. The zero-order chi connectivity index (χ0) is 15.7. The van der Waals surface area contributed by atoms with Gasteiger partial charge in [0.05, 0.1) is 0 Å². The maximum absolute atomic E-state index is 12.3. The van der Waals surface area contributed by atoms with Gasteiger partial charge in [-0.2, -0.15) is 0 Å². The molecule has 3 rings (SSSR count). The summed E-state index contributed by atoms with van der Waals surface area (Å²) in [7, 11) is 0. The summed E-state index contributed by atoms with van der Waals surface area (Å²) in [6.45, 7) is 6.60. The maximum Gasteiger partial charge on any atom is 0.224 e. The molecule has 23 heavy (non-hydrogen) atoms. The Morgan fingerprint density at radius 2 is 1.70 bits per heavy atom. The van der Waals surface area contributed by atoms with Gasteiger partial charge in [0.25, 0.3) is 0 Å². The molecule has 0 saturated carbocycles. The Bertz CT molecular complexity index is 523. The summed E-state index contributed by atoms with van der Waals surface area (Å²) in [5.74, 6) is 0.711. The topological polar surface area (TPSA) is 41.1 Å². The lowest BCUT2D eigenvalue weighted by atomic mass is 9.87. The van der Waals surface area contributed by atoms with E-state index in [1.54, 1.807) is 0 Å². The second kappa shape index (κ2) is 7.23. The first kappa shape index (κ1) is 18.3. The smallest absolute Gasteiger partial charge is 0.224 e. The molecule has 1 aromatic carbocycles. The normalized spacial score (nSPS) is 26.5. The highest BCUT2D eigenvalue weighted by Crippen LogP contribution is 2.33. The van der Waals surface area contributed by atoms with Crippen LogP contribution in [-0.2, 0) is 10.2 Å². The maximum atomic E-state index is 12.3. The van der Waals surface area contributed by atoms with E-state index in [0.717, 1.165) is 18.5 Å². The van der Waals surface area contributed by atoms with Crippen LogP contribution in [-0.4, -0.2) is 18.0 Å². The summed E-state index contributed by atoms with van der Waals surface area (Å²) in [5.41, 5.74) is 2.35. The van der Waals surface area contributed by atoms with Gasteiger partial charge in [-0.1, -0.05) is 32.9 Å². The number of fused-ring (bicyclic) bond motifs is 2. The summed E-state index contributed by atoms with van der Waals surface area (Å²) < 4.78 is 0. The van der Waals surface area contributed by atoms with Crippen LogP contribution in [0.5, 0.6) is 0 Å². The average molecular weight is 337 g/mol. The van der Waals surface area contributed by atoms with Gasteiger partial charge in [0.1, 0.15) is 0 Å². The molecule has 2 N–H and O–H groups in total. The van der Waals surface area contributed by atoms with E-state index in [1.807, 2.05) is 12.1 Å². The minimum atomic E-state index is 0. The van der Waals surface area contributed by atoms with Gasteiger partial charge in [-0.15, -0.1) is 12.4 Å². The predicted octanol–water partition coefficient (Wildman–Crippen LogP) is 4.27. The highest BCUT2D eigenvalue weighted by molar-refractivity contribution is 5.90. The van der Waals surface area contributed by atoms with Gasteiger partial charge in [-0.3, -0.25) is 4.79 Å². The van der Waals surface area contributed by atoms with Crippen molar-refractivity contribution in [3.05, 3.63) is 29.8 Å². The molecule has 2 heterocycles. The van der Waals surface area contributed by atoms with Crippen molar-refractivity contribution in [2.75, 3.05) is 5.32 Å². The third-order valence-corrected chi connectivity index (χ3v) is 5.08. The zero-order valence-electron chi connectivity index (χ0n) is 14.4. The number of amides is 1. The third-order valence-electron chi connectivity index (χ3n) is 5.08. The molecular weight excluding hydrogens is 308 g/mol. The molecule has 1 aromatic rings. The molecule has 2 bridgehead atoms. The van der Waals surface area contributed by atoms with Crippen LogP contribution in [0.2, 0.25) is 0 Å². The Hall–Kier alpha value is -1.06. The fraction of sp³-hybridized carbons (Fsp3) is 0.632. The quantitative estimate of drug-likeness (QED) is 0.865. The first-order valence-electron chi connectivity index (χ1n) is 8.56. The first-order valence-corrected chi connectivity index (χ1v) is 8.56. The summed E-state index contributed by atoms with van der Waals surface area (Å²) in [5, 5.41) is 6.69. The van der Waals surface area contributed by atoms with Gasteiger partial charge < -0.3 is 10.6 Å². The predicted molar refractivity (Wildman–Crippen MR) is 98.3 cm³/mol. The van der Waals surface area contributed by atoms with E-state index < -0.39 is 0 Å². The van der Waals surface area contributed by atoms with Crippen molar-refractivity contribution >= 4 is 24.0 Å².